The lowest BCUT2D eigenvalue weighted by Gasteiger charge is -2.24. The Bertz CT molecular complexity index is 403. The molecule has 0 spiro atoms. The van der Waals surface area contributed by atoms with Gasteiger partial charge in [-0.25, -0.2) is 0 Å². The summed E-state index contributed by atoms with van der Waals surface area (Å²) in [5, 5.41) is 2.86. The number of nitrogens with one attached hydrogen (secondary N) is 1. The summed E-state index contributed by atoms with van der Waals surface area (Å²) < 4.78 is 5.56. The van der Waals surface area contributed by atoms with Crippen molar-refractivity contribution in [2.45, 2.75) is 32.7 Å². The lowest BCUT2D eigenvalue weighted by molar-refractivity contribution is -0.123. The molecule has 3 N–H and O–H groups in total. The van der Waals surface area contributed by atoms with Crippen molar-refractivity contribution in [3.05, 3.63) is 29.8 Å². The van der Waals surface area contributed by atoms with Crippen LogP contribution in [0.2, 0.25) is 0 Å². The van der Waals surface area contributed by atoms with E-state index in [4.69, 9.17) is 10.5 Å². The predicted molar refractivity (Wildman–Crippen MR) is 72.6 cm³/mol. The van der Waals surface area contributed by atoms with Gasteiger partial charge in [-0.05, 0) is 32.4 Å². The Labute approximate surface area is 109 Å². The van der Waals surface area contributed by atoms with Gasteiger partial charge in [0.2, 0.25) is 5.91 Å². The number of aryl methyl sites for hydroxylation is 1. The van der Waals surface area contributed by atoms with E-state index in [0.717, 1.165) is 11.3 Å². The first-order valence-corrected chi connectivity index (χ1v) is 6.14. The van der Waals surface area contributed by atoms with E-state index in [1.807, 2.05) is 45.0 Å². The van der Waals surface area contributed by atoms with Crippen LogP contribution >= 0.6 is 0 Å². The molecule has 0 aliphatic carbocycles. The largest absolute Gasteiger partial charge is 0.493 e. The summed E-state index contributed by atoms with van der Waals surface area (Å²) in [6, 6.07) is 7.75. The third kappa shape index (κ3) is 4.75. The summed E-state index contributed by atoms with van der Waals surface area (Å²) in [7, 11) is 0. The Kier molecular flexibility index (Phi) is 5.16. The molecule has 1 aromatic rings. The molecule has 100 valence electrons. The van der Waals surface area contributed by atoms with Crippen LogP contribution < -0.4 is 15.8 Å². The van der Waals surface area contributed by atoms with Gasteiger partial charge in [0.1, 0.15) is 5.75 Å². The molecule has 1 aromatic carbocycles. The molecule has 0 aliphatic rings. The van der Waals surface area contributed by atoms with Gasteiger partial charge in [-0.2, -0.15) is 0 Å². The van der Waals surface area contributed by atoms with E-state index in [1.165, 1.54) is 0 Å². The van der Waals surface area contributed by atoms with E-state index in [1.54, 1.807) is 0 Å². The molecule has 0 heterocycles. The maximum absolute atomic E-state index is 11.6. The molecule has 0 aromatic heterocycles. The van der Waals surface area contributed by atoms with Gasteiger partial charge >= 0.3 is 0 Å². The molecule has 0 fully saturated rings. The summed E-state index contributed by atoms with van der Waals surface area (Å²) in [6.45, 7) is 6.56. The predicted octanol–water partition coefficient (Wildman–Crippen LogP) is 1.62. The first-order valence-electron chi connectivity index (χ1n) is 6.14. The highest BCUT2D eigenvalue weighted by Crippen LogP contribution is 2.16. The summed E-state index contributed by atoms with van der Waals surface area (Å²) in [5.74, 6) is 0.780. The van der Waals surface area contributed by atoms with Crippen LogP contribution in [0.1, 0.15) is 25.8 Å². The van der Waals surface area contributed by atoms with Gasteiger partial charge in [0, 0.05) is 12.1 Å². The minimum absolute atomic E-state index is 0.0426. The fourth-order valence-corrected chi connectivity index (χ4v) is 1.46. The quantitative estimate of drug-likeness (QED) is 0.806. The summed E-state index contributed by atoms with van der Waals surface area (Å²) in [6.07, 6.45) is 0.331. The maximum atomic E-state index is 11.6. The molecular weight excluding hydrogens is 228 g/mol. The van der Waals surface area contributed by atoms with Crippen LogP contribution in [0.4, 0.5) is 0 Å². The minimum atomic E-state index is -0.361. The third-order valence-corrected chi connectivity index (χ3v) is 2.67. The van der Waals surface area contributed by atoms with Crippen molar-refractivity contribution in [3.63, 3.8) is 0 Å². The van der Waals surface area contributed by atoms with Gasteiger partial charge in [-0.1, -0.05) is 18.2 Å². The zero-order valence-corrected chi connectivity index (χ0v) is 11.3. The van der Waals surface area contributed by atoms with Gasteiger partial charge < -0.3 is 15.8 Å². The van der Waals surface area contributed by atoms with Gasteiger partial charge in [0.15, 0.2) is 0 Å². The van der Waals surface area contributed by atoms with Crippen LogP contribution in [0.5, 0.6) is 5.75 Å². The van der Waals surface area contributed by atoms with Gasteiger partial charge in [-0.3, -0.25) is 4.79 Å². The standard InChI is InChI=1S/C14H22N2O2/c1-11-6-4-5-7-12(11)18-9-8-13(17)16-14(2,3)10-15/h4-7H,8-10,15H2,1-3H3,(H,16,17). The van der Waals surface area contributed by atoms with Gasteiger partial charge in [-0.15, -0.1) is 0 Å². The molecule has 0 radical (unpaired) electrons. The molecule has 18 heavy (non-hydrogen) atoms. The molecular formula is C14H22N2O2. The van der Waals surface area contributed by atoms with Gasteiger partial charge in [0.05, 0.1) is 13.0 Å². The number of ether oxygens (including phenoxy) is 1. The molecule has 4 nitrogen and oxygen atoms in total. The minimum Gasteiger partial charge on any atom is -0.493 e. The Hall–Kier alpha value is -1.55. The topological polar surface area (TPSA) is 64.3 Å². The van der Waals surface area contributed by atoms with E-state index in [-0.39, 0.29) is 11.4 Å². The number of amides is 1. The monoisotopic (exact) mass is 250 g/mol. The Balaban J connectivity index is 2.34. The van der Waals surface area contributed by atoms with Crippen molar-refractivity contribution in [3.8, 4) is 5.75 Å². The van der Waals surface area contributed by atoms with E-state index < -0.39 is 0 Å². The van der Waals surface area contributed by atoms with Crippen molar-refractivity contribution >= 4 is 5.91 Å². The Morgan fingerprint density at radius 1 is 1.39 bits per heavy atom. The molecule has 1 rings (SSSR count). The molecule has 0 atom stereocenters. The Morgan fingerprint density at radius 3 is 2.67 bits per heavy atom. The second-order valence-corrected chi connectivity index (χ2v) is 5.00. The first-order chi connectivity index (χ1) is 8.44. The summed E-state index contributed by atoms with van der Waals surface area (Å²) in [4.78, 5) is 11.6. The van der Waals surface area contributed by atoms with E-state index in [0.29, 0.717) is 19.6 Å². The van der Waals surface area contributed by atoms with Crippen LogP contribution in [-0.4, -0.2) is 24.6 Å². The SMILES string of the molecule is Cc1ccccc1OCCC(=O)NC(C)(C)CN. The molecule has 4 heteroatoms. The molecule has 0 bridgehead atoms. The number of nitrogens with two attached hydrogens (primary N) is 1. The van der Waals surface area contributed by atoms with Crippen molar-refractivity contribution in [2.24, 2.45) is 5.73 Å². The van der Waals surface area contributed by atoms with Crippen LogP contribution in [0, 0.1) is 6.92 Å². The highest BCUT2D eigenvalue weighted by molar-refractivity contribution is 5.76. The summed E-state index contributed by atoms with van der Waals surface area (Å²) >= 11 is 0. The lowest BCUT2D eigenvalue weighted by atomic mass is 10.1. The fraction of sp³-hybridized carbons (Fsp3) is 0.500. The molecule has 0 unspecified atom stereocenters. The van der Waals surface area contributed by atoms with Crippen molar-refractivity contribution in [1.29, 1.82) is 0 Å². The number of rotatable bonds is 6. The number of benzene rings is 1. The van der Waals surface area contributed by atoms with Crippen LogP contribution in [0.15, 0.2) is 24.3 Å². The van der Waals surface area contributed by atoms with E-state index in [2.05, 4.69) is 5.32 Å². The zero-order valence-electron chi connectivity index (χ0n) is 11.3. The van der Waals surface area contributed by atoms with E-state index in [9.17, 15) is 4.79 Å². The average Bonchev–Trinajstić information content (AvgIpc) is 2.31. The number of carbonyl (C=O) groups excluding carboxylic acids is 1. The summed E-state index contributed by atoms with van der Waals surface area (Å²) in [5.41, 5.74) is 6.26. The fourth-order valence-electron chi connectivity index (χ4n) is 1.46. The second kappa shape index (κ2) is 6.40. The maximum Gasteiger partial charge on any atom is 0.223 e. The number of hydrogen-bond donors (Lipinski definition) is 2. The lowest BCUT2D eigenvalue weighted by Crippen LogP contribution is -2.49. The van der Waals surface area contributed by atoms with Crippen molar-refractivity contribution in [1.82, 2.24) is 5.32 Å². The van der Waals surface area contributed by atoms with Crippen molar-refractivity contribution < 1.29 is 9.53 Å². The molecule has 1 amide bonds. The number of carbonyl (C=O) groups is 1. The highest BCUT2D eigenvalue weighted by Gasteiger charge is 2.17. The average molecular weight is 250 g/mol. The molecule has 0 saturated carbocycles. The third-order valence-electron chi connectivity index (χ3n) is 2.67. The van der Waals surface area contributed by atoms with Gasteiger partial charge in [0.25, 0.3) is 0 Å². The van der Waals surface area contributed by atoms with E-state index >= 15 is 0 Å². The van der Waals surface area contributed by atoms with Crippen LogP contribution in [-0.2, 0) is 4.79 Å². The van der Waals surface area contributed by atoms with Crippen molar-refractivity contribution in [2.75, 3.05) is 13.2 Å². The van der Waals surface area contributed by atoms with Crippen LogP contribution in [0.3, 0.4) is 0 Å². The Morgan fingerprint density at radius 2 is 2.06 bits per heavy atom. The molecule has 0 aliphatic heterocycles. The smallest absolute Gasteiger partial charge is 0.223 e. The number of para-hydroxylation sites is 1. The normalized spacial score (nSPS) is 11.1. The first kappa shape index (κ1) is 14.5. The second-order valence-electron chi connectivity index (χ2n) is 5.00. The molecule has 0 saturated heterocycles. The highest BCUT2D eigenvalue weighted by atomic mass is 16.5. The zero-order chi connectivity index (χ0) is 13.6. The van der Waals surface area contributed by atoms with Crippen LogP contribution in [0.25, 0.3) is 0 Å². The number of hydrogen-bond acceptors (Lipinski definition) is 3.